The fourth-order valence-corrected chi connectivity index (χ4v) is 4.33. The first kappa shape index (κ1) is 24.4. The molecule has 1 aromatic carbocycles. The zero-order valence-corrected chi connectivity index (χ0v) is 19.5. The first-order valence-corrected chi connectivity index (χ1v) is 11.1. The number of carbonyl (C=O) groups is 3. The number of likely N-dealkylation sites (tertiary alicyclic amines) is 1. The summed E-state index contributed by atoms with van der Waals surface area (Å²) in [6, 6.07) is 10.8. The Morgan fingerprint density at radius 3 is 2.55 bits per heavy atom. The molecular formula is C25H31N3O5. The van der Waals surface area contributed by atoms with Gasteiger partial charge in [-0.25, -0.2) is 0 Å². The third-order valence-corrected chi connectivity index (χ3v) is 6.07. The van der Waals surface area contributed by atoms with Gasteiger partial charge in [-0.3, -0.25) is 24.3 Å². The number of amides is 3. The molecule has 1 saturated heterocycles. The van der Waals surface area contributed by atoms with Crippen molar-refractivity contribution in [3.05, 3.63) is 59.9 Å². The molecule has 0 radical (unpaired) electrons. The maximum absolute atomic E-state index is 13.7. The van der Waals surface area contributed by atoms with Gasteiger partial charge in [0, 0.05) is 64.1 Å². The second-order valence-corrected chi connectivity index (χ2v) is 8.10. The van der Waals surface area contributed by atoms with Gasteiger partial charge >= 0.3 is 0 Å². The molecule has 2 aromatic rings. The van der Waals surface area contributed by atoms with Crippen LogP contribution in [-0.2, 0) is 31.1 Å². The summed E-state index contributed by atoms with van der Waals surface area (Å²) in [5.74, 6) is -0.351. The monoisotopic (exact) mass is 453 g/mol. The average molecular weight is 454 g/mol. The molecule has 1 aromatic heterocycles. The van der Waals surface area contributed by atoms with Gasteiger partial charge in [0.05, 0.1) is 12.5 Å². The summed E-state index contributed by atoms with van der Waals surface area (Å²) < 4.78 is 10.6. The Labute approximate surface area is 194 Å². The number of ether oxygens (including phenoxy) is 2. The van der Waals surface area contributed by atoms with E-state index in [1.165, 1.54) is 12.0 Å². The highest BCUT2D eigenvalue weighted by Gasteiger charge is 2.55. The molecule has 2 heterocycles. The fourth-order valence-electron chi connectivity index (χ4n) is 4.33. The van der Waals surface area contributed by atoms with Gasteiger partial charge < -0.3 is 14.4 Å². The number of hydrogen-bond donors (Lipinski definition) is 0. The molecule has 1 atom stereocenters. The lowest BCUT2D eigenvalue weighted by molar-refractivity contribution is -0.143. The van der Waals surface area contributed by atoms with Crippen LogP contribution in [0.3, 0.4) is 0 Å². The highest BCUT2D eigenvalue weighted by molar-refractivity contribution is 6.11. The maximum atomic E-state index is 13.7. The third kappa shape index (κ3) is 5.22. The van der Waals surface area contributed by atoms with Crippen molar-refractivity contribution in [2.75, 3.05) is 33.9 Å². The van der Waals surface area contributed by atoms with E-state index >= 15 is 0 Å². The first-order valence-electron chi connectivity index (χ1n) is 11.1. The lowest BCUT2D eigenvalue weighted by Crippen LogP contribution is -2.43. The molecule has 176 valence electrons. The molecule has 0 spiro atoms. The van der Waals surface area contributed by atoms with E-state index in [1.54, 1.807) is 48.7 Å². The fraction of sp³-hybridized carbons (Fsp3) is 0.440. The van der Waals surface area contributed by atoms with Crippen molar-refractivity contribution in [2.45, 2.75) is 38.1 Å². The van der Waals surface area contributed by atoms with E-state index in [0.717, 1.165) is 5.56 Å². The van der Waals surface area contributed by atoms with Crippen LogP contribution >= 0.6 is 0 Å². The highest BCUT2D eigenvalue weighted by Crippen LogP contribution is 2.44. The zero-order valence-electron chi connectivity index (χ0n) is 19.5. The average Bonchev–Trinajstić information content (AvgIpc) is 3.07. The highest BCUT2D eigenvalue weighted by atomic mass is 16.5. The van der Waals surface area contributed by atoms with Gasteiger partial charge in [-0.05, 0) is 37.1 Å². The predicted octanol–water partition coefficient (Wildman–Crippen LogP) is 2.56. The van der Waals surface area contributed by atoms with Gasteiger partial charge in [-0.1, -0.05) is 18.2 Å². The minimum Gasteiger partial charge on any atom is -0.496 e. The standard InChI is InChI=1S/C25H31N3O5/c1-4-27(18-19-10-12-26-13-11-19)22(29)16-25(20-8-5-6-9-21(20)33-3)17-23(30)28(24(25)31)14-7-15-32-2/h5-6,8-13H,4,7,14-18H2,1-3H3. The molecule has 1 fully saturated rings. The van der Waals surface area contributed by atoms with Crippen LogP contribution in [0.5, 0.6) is 5.75 Å². The number of imide groups is 1. The van der Waals surface area contributed by atoms with Crippen molar-refractivity contribution in [3.63, 3.8) is 0 Å². The van der Waals surface area contributed by atoms with E-state index in [2.05, 4.69) is 4.98 Å². The molecule has 3 amide bonds. The van der Waals surface area contributed by atoms with Gasteiger partial charge in [0.2, 0.25) is 17.7 Å². The van der Waals surface area contributed by atoms with Gasteiger partial charge in [-0.15, -0.1) is 0 Å². The second kappa shape index (κ2) is 11.0. The Kier molecular flexibility index (Phi) is 8.16. The number of nitrogens with zero attached hydrogens (tertiary/aromatic N) is 3. The van der Waals surface area contributed by atoms with Crippen LogP contribution in [0.4, 0.5) is 0 Å². The van der Waals surface area contributed by atoms with E-state index in [0.29, 0.717) is 37.4 Å². The topological polar surface area (TPSA) is 89.0 Å². The Bertz CT molecular complexity index is 981. The molecule has 33 heavy (non-hydrogen) atoms. The summed E-state index contributed by atoms with van der Waals surface area (Å²) in [5, 5.41) is 0. The largest absolute Gasteiger partial charge is 0.496 e. The molecule has 1 aliphatic rings. The summed E-state index contributed by atoms with van der Waals surface area (Å²) in [4.78, 5) is 47.2. The molecular weight excluding hydrogens is 422 g/mol. The molecule has 0 N–H and O–H groups in total. The third-order valence-electron chi connectivity index (χ3n) is 6.07. The molecule has 0 aliphatic carbocycles. The second-order valence-electron chi connectivity index (χ2n) is 8.10. The quantitative estimate of drug-likeness (QED) is 0.384. The van der Waals surface area contributed by atoms with E-state index in [-0.39, 0.29) is 37.1 Å². The van der Waals surface area contributed by atoms with Crippen molar-refractivity contribution in [1.82, 2.24) is 14.8 Å². The van der Waals surface area contributed by atoms with Gasteiger partial charge in [0.25, 0.3) is 0 Å². The Morgan fingerprint density at radius 2 is 1.88 bits per heavy atom. The molecule has 1 unspecified atom stereocenters. The Morgan fingerprint density at radius 1 is 1.15 bits per heavy atom. The molecule has 0 saturated carbocycles. The number of para-hydroxylation sites is 1. The predicted molar refractivity (Wildman–Crippen MR) is 122 cm³/mol. The van der Waals surface area contributed by atoms with Crippen LogP contribution in [-0.4, -0.2) is 66.4 Å². The Hall–Kier alpha value is -3.26. The summed E-state index contributed by atoms with van der Waals surface area (Å²) in [5.41, 5.74) is 0.203. The van der Waals surface area contributed by atoms with Crippen LogP contribution in [0.25, 0.3) is 0 Å². The summed E-state index contributed by atoms with van der Waals surface area (Å²) >= 11 is 0. The van der Waals surface area contributed by atoms with Crippen LogP contribution < -0.4 is 4.74 Å². The van der Waals surface area contributed by atoms with E-state index < -0.39 is 5.41 Å². The number of aromatic nitrogens is 1. The number of carbonyl (C=O) groups excluding carboxylic acids is 3. The molecule has 3 rings (SSSR count). The smallest absolute Gasteiger partial charge is 0.241 e. The van der Waals surface area contributed by atoms with Crippen molar-refractivity contribution in [3.8, 4) is 5.75 Å². The molecule has 8 nitrogen and oxygen atoms in total. The molecule has 1 aliphatic heterocycles. The van der Waals surface area contributed by atoms with Crippen LogP contribution in [0.1, 0.15) is 37.3 Å². The van der Waals surface area contributed by atoms with Gasteiger partial charge in [0.15, 0.2) is 0 Å². The molecule has 8 heteroatoms. The van der Waals surface area contributed by atoms with Crippen LogP contribution in [0.15, 0.2) is 48.8 Å². The number of hydrogen-bond acceptors (Lipinski definition) is 6. The van der Waals surface area contributed by atoms with Gasteiger partial charge in [0.1, 0.15) is 5.75 Å². The normalized spacial score (nSPS) is 18.0. The van der Waals surface area contributed by atoms with E-state index in [1.807, 2.05) is 19.1 Å². The van der Waals surface area contributed by atoms with Crippen LogP contribution in [0.2, 0.25) is 0 Å². The van der Waals surface area contributed by atoms with Crippen molar-refractivity contribution in [2.24, 2.45) is 0 Å². The van der Waals surface area contributed by atoms with E-state index in [4.69, 9.17) is 9.47 Å². The SMILES string of the molecule is CCN(Cc1ccncc1)C(=O)CC1(c2ccccc2OC)CC(=O)N(CCCOC)C1=O. The Balaban J connectivity index is 1.95. The zero-order chi connectivity index (χ0) is 23.8. The van der Waals surface area contributed by atoms with Crippen molar-refractivity contribution >= 4 is 17.7 Å². The minimum atomic E-state index is -1.31. The van der Waals surface area contributed by atoms with Crippen molar-refractivity contribution in [1.29, 1.82) is 0 Å². The number of rotatable bonds is 11. The van der Waals surface area contributed by atoms with Crippen LogP contribution in [0, 0.1) is 0 Å². The maximum Gasteiger partial charge on any atom is 0.241 e. The lowest BCUT2D eigenvalue weighted by atomic mass is 9.75. The van der Waals surface area contributed by atoms with E-state index in [9.17, 15) is 14.4 Å². The number of benzene rings is 1. The summed E-state index contributed by atoms with van der Waals surface area (Å²) in [6.45, 7) is 3.47. The molecule has 0 bridgehead atoms. The lowest BCUT2D eigenvalue weighted by Gasteiger charge is -2.31. The first-order chi connectivity index (χ1) is 16.0. The number of pyridine rings is 1. The van der Waals surface area contributed by atoms with Crippen molar-refractivity contribution < 1.29 is 23.9 Å². The number of methoxy groups -OCH3 is 2. The van der Waals surface area contributed by atoms with Gasteiger partial charge in [-0.2, -0.15) is 0 Å². The summed E-state index contributed by atoms with van der Waals surface area (Å²) in [7, 11) is 3.10. The summed E-state index contributed by atoms with van der Waals surface area (Å²) in [6.07, 6.45) is 3.71. The minimum absolute atomic E-state index is 0.0717.